The summed E-state index contributed by atoms with van der Waals surface area (Å²) in [6, 6.07) is 19.1. The number of methoxy groups -OCH3 is 1. The van der Waals surface area contributed by atoms with E-state index in [9.17, 15) is 9.59 Å². The second kappa shape index (κ2) is 9.70. The zero-order valence-electron chi connectivity index (χ0n) is 17.5. The van der Waals surface area contributed by atoms with Crippen LogP contribution in [-0.2, 0) is 14.3 Å². The summed E-state index contributed by atoms with van der Waals surface area (Å²) in [4.78, 5) is 30.3. The fourth-order valence-electron chi connectivity index (χ4n) is 4.21. The fourth-order valence-corrected chi connectivity index (χ4v) is 4.21. The van der Waals surface area contributed by atoms with E-state index in [1.54, 1.807) is 4.90 Å². The summed E-state index contributed by atoms with van der Waals surface area (Å²) in [5, 5.41) is 0. The van der Waals surface area contributed by atoms with Gasteiger partial charge in [0, 0.05) is 12.6 Å². The van der Waals surface area contributed by atoms with Crippen LogP contribution >= 0.6 is 0 Å². The highest BCUT2D eigenvalue weighted by Crippen LogP contribution is 2.31. The number of hydrogen-bond donors (Lipinski definition) is 0. The molecule has 1 fully saturated rings. The van der Waals surface area contributed by atoms with E-state index in [0.717, 1.165) is 24.1 Å². The third-order valence-corrected chi connectivity index (χ3v) is 5.75. The number of benzene rings is 2. The molecule has 1 heterocycles. The second-order valence-corrected chi connectivity index (χ2v) is 7.65. The molecular weight excluding hydrogens is 364 g/mol. The maximum atomic E-state index is 13.8. The van der Waals surface area contributed by atoms with Crippen molar-refractivity contribution in [3.05, 3.63) is 71.8 Å². The number of amides is 1. The zero-order valence-corrected chi connectivity index (χ0v) is 17.5. The number of rotatable bonds is 7. The van der Waals surface area contributed by atoms with E-state index in [-0.39, 0.29) is 17.9 Å². The second-order valence-electron chi connectivity index (χ2n) is 7.65. The molecule has 5 nitrogen and oxygen atoms in total. The quantitative estimate of drug-likeness (QED) is 0.676. The van der Waals surface area contributed by atoms with Crippen molar-refractivity contribution in [3.63, 3.8) is 0 Å². The van der Waals surface area contributed by atoms with Gasteiger partial charge in [-0.2, -0.15) is 0 Å². The summed E-state index contributed by atoms with van der Waals surface area (Å²) < 4.78 is 5.04. The summed E-state index contributed by atoms with van der Waals surface area (Å²) >= 11 is 0. The maximum absolute atomic E-state index is 13.8. The molecule has 0 bridgehead atoms. The van der Waals surface area contributed by atoms with Gasteiger partial charge in [-0.3, -0.25) is 4.79 Å². The van der Waals surface area contributed by atoms with Gasteiger partial charge in [0.05, 0.1) is 13.0 Å². The Hall–Kier alpha value is -2.66. The fraction of sp³-hybridized carbons (Fsp3) is 0.417. The zero-order chi connectivity index (χ0) is 20.8. The molecule has 0 spiro atoms. The number of esters is 1. The first kappa shape index (κ1) is 21.1. The standard InChI is InChI=1S/C24H30N2O3/c1-4-15-25(2)20-16-21(24(28)29-3)26(17-20)23(27)22(18-11-7-5-8-12-18)19-13-9-6-10-14-19/h5-14,20-22H,4,15-17H2,1-3H3/t20-,21-/m0/s1. The molecule has 154 valence electrons. The number of likely N-dealkylation sites (N-methyl/N-ethyl adjacent to an activating group) is 1. The van der Waals surface area contributed by atoms with E-state index >= 15 is 0 Å². The van der Waals surface area contributed by atoms with Gasteiger partial charge in [0.2, 0.25) is 5.91 Å². The van der Waals surface area contributed by atoms with Gasteiger partial charge in [0.25, 0.3) is 0 Å². The minimum atomic E-state index is -0.549. The van der Waals surface area contributed by atoms with Gasteiger partial charge in [0.1, 0.15) is 6.04 Å². The van der Waals surface area contributed by atoms with Crippen LogP contribution in [0.2, 0.25) is 0 Å². The Morgan fingerprint density at radius 2 is 1.62 bits per heavy atom. The Bertz CT molecular complexity index is 770. The summed E-state index contributed by atoms with van der Waals surface area (Å²) in [7, 11) is 3.45. The van der Waals surface area contributed by atoms with Crippen molar-refractivity contribution in [3.8, 4) is 0 Å². The first-order valence-corrected chi connectivity index (χ1v) is 10.2. The molecule has 0 saturated carbocycles. The molecule has 5 heteroatoms. The third kappa shape index (κ3) is 4.67. The number of carbonyl (C=O) groups is 2. The lowest BCUT2D eigenvalue weighted by molar-refractivity contribution is -0.151. The highest BCUT2D eigenvalue weighted by atomic mass is 16.5. The first-order chi connectivity index (χ1) is 14.1. The highest BCUT2D eigenvalue weighted by Gasteiger charge is 2.43. The molecule has 0 N–H and O–H groups in total. The van der Waals surface area contributed by atoms with Crippen molar-refractivity contribution < 1.29 is 14.3 Å². The molecule has 0 unspecified atom stereocenters. The summed E-state index contributed by atoms with van der Waals surface area (Å²) in [5.74, 6) is -0.837. The number of ether oxygens (including phenoxy) is 1. The molecule has 29 heavy (non-hydrogen) atoms. The monoisotopic (exact) mass is 394 g/mol. The molecule has 0 radical (unpaired) electrons. The molecule has 0 aromatic heterocycles. The van der Waals surface area contributed by atoms with Crippen LogP contribution in [-0.4, -0.2) is 61.0 Å². The Balaban J connectivity index is 1.95. The van der Waals surface area contributed by atoms with E-state index in [1.165, 1.54) is 7.11 Å². The summed E-state index contributed by atoms with van der Waals surface area (Å²) in [6.07, 6.45) is 1.63. The van der Waals surface area contributed by atoms with Crippen LogP contribution < -0.4 is 0 Å². The molecule has 1 saturated heterocycles. The molecule has 1 aliphatic rings. The van der Waals surface area contributed by atoms with Crippen molar-refractivity contribution in [2.24, 2.45) is 0 Å². The van der Waals surface area contributed by atoms with Gasteiger partial charge in [-0.25, -0.2) is 4.79 Å². The Labute approximate surface area is 173 Å². The van der Waals surface area contributed by atoms with Crippen LogP contribution in [0, 0.1) is 0 Å². The van der Waals surface area contributed by atoms with Crippen molar-refractivity contribution in [2.45, 2.75) is 37.8 Å². The lowest BCUT2D eigenvalue weighted by Gasteiger charge is -2.28. The van der Waals surface area contributed by atoms with Gasteiger partial charge < -0.3 is 14.5 Å². The average Bonchev–Trinajstić information content (AvgIpc) is 3.21. The Morgan fingerprint density at radius 1 is 1.07 bits per heavy atom. The lowest BCUT2D eigenvalue weighted by atomic mass is 9.90. The van der Waals surface area contributed by atoms with Gasteiger partial charge in [-0.05, 0) is 37.6 Å². The molecule has 2 aromatic carbocycles. The predicted octanol–water partition coefficient (Wildman–Crippen LogP) is 3.30. The first-order valence-electron chi connectivity index (χ1n) is 10.2. The molecule has 1 amide bonds. The van der Waals surface area contributed by atoms with Crippen LogP contribution in [0.1, 0.15) is 36.8 Å². The van der Waals surface area contributed by atoms with Crippen LogP contribution in [0.5, 0.6) is 0 Å². The summed E-state index contributed by atoms with van der Waals surface area (Å²) in [5.41, 5.74) is 1.86. The summed E-state index contributed by atoms with van der Waals surface area (Å²) in [6.45, 7) is 3.60. The van der Waals surface area contributed by atoms with Crippen LogP contribution in [0.4, 0.5) is 0 Å². The van der Waals surface area contributed by atoms with Gasteiger partial charge >= 0.3 is 5.97 Å². The highest BCUT2D eigenvalue weighted by molar-refractivity contribution is 5.91. The Kier molecular flexibility index (Phi) is 7.04. The average molecular weight is 395 g/mol. The number of nitrogens with zero attached hydrogens (tertiary/aromatic N) is 2. The number of carbonyl (C=O) groups excluding carboxylic acids is 2. The van der Waals surface area contributed by atoms with Crippen LogP contribution in [0.25, 0.3) is 0 Å². The lowest BCUT2D eigenvalue weighted by Crippen LogP contribution is -2.44. The largest absolute Gasteiger partial charge is 0.467 e. The molecule has 2 aromatic rings. The van der Waals surface area contributed by atoms with Gasteiger partial charge in [-0.15, -0.1) is 0 Å². The molecule has 3 rings (SSSR count). The van der Waals surface area contributed by atoms with E-state index in [2.05, 4.69) is 18.9 Å². The van der Waals surface area contributed by atoms with Crippen molar-refractivity contribution in [1.82, 2.24) is 9.80 Å². The predicted molar refractivity (Wildman–Crippen MR) is 114 cm³/mol. The van der Waals surface area contributed by atoms with Crippen LogP contribution in [0.3, 0.4) is 0 Å². The van der Waals surface area contributed by atoms with Crippen molar-refractivity contribution >= 4 is 11.9 Å². The van der Waals surface area contributed by atoms with Crippen LogP contribution in [0.15, 0.2) is 60.7 Å². The third-order valence-electron chi connectivity index (χ3n) is 5.75. The smallest absolute Gasteiger partial charge is 0.328 e. The minimum Gasteiger partial charge on any atom is -0.467 e. The van der Waals surface area contributed by atoms with E-state index < -0.39 is 12.0 Å². The molecule has 0 aliphatic carbocycles. The van der Waals surface area contributed by atoms with Crippen molar-refractivity contribution in [2.75, 3.05) is 27.2 Å². The SMILES string of the molecule is CCCN(C)[C@H]1C[C@@H](C(=O)OC)N(C(=O)C(c2ccccc2)c2ccccc2)C1. The Morgan fingerprint density at radius 3 is 2.10 bits per heavy atom. The van der Waals surface area contributed by atoms with Crippen molar-refractivity contribution in [1.29, 1.82) is 0 Å². The maximum Gasteiger partial charge on any atom is 0.328 e. The van der Waals surface area contributed by atoms with E-state index in [4.69, 9.17) is 4.74 Å². The number of hydrogen-bond acceptors (Lipinski definition) is 4. The van der Waals surface area contributed by atoms with Gasteiger partial charge in [0.15, 0.2) is 0 Å². The minimum absolute atomic E-state index is 0.0507. The number of likely N-dealkylation sites (tertiary alicyclic amines) is 1. The van der Waals surface area contributed by atoms with E-state index in [0.29, 0.717) is 13.0 Å². The normalized spacial score (nSPS) is 19.0. The topological polar surface area (TPSA) is 49.9 Å². The molecule has 1 aliphatic heterocycles. The molecule has 2 atom stereocenters. The van der Waals surface area contributed by atoms with E-state index in [1.807, 2.05) is 60.7 Å². The van der Waals surface area contributed by atoms with Gasteiger partial charge in [-0.1, -0.05) is 67.6 Å². The molecular formula is C24H30N2O3.